The number of fused-ring (bicyclic) bond motifs is 1. The number of hydrogen-bond donors (Lipinski definition) is 1. The van der Waals surface area contributed by atoms with Gasteiger partial charge in [0, 0.05) is 17.8 Å². The first kappa shape index (κ1) is 14.0. The van der Waals surface area contributed by atoms with E-state index in [2.05, 4.69) is 22.9 Å². The maximum atomic E-state index is 6.18. The van der Waals surface area contributed by atoms with Crippen LogP contribution in [0.25, 0.3) is 11.0 Å². The second-order valence-electron chi connectivity index (χ2n) is 5.35. The number of nitrogens with zero attached hydrogens (tertiary/aromatic N) is 2. The van der Waals surface area contributed by atoms with Crippen LogP contribution in [0.4, 0.5) is 5.69 Å². The summed E-state index contributed by atoms with van der Waals surface area (Å²) in [6.07, 6.45) is 0. The predicted molar refractivity (Wildman–Crippen MR) is 88.9 cm³/mol. The van der Waals surface area contributed by atoms with Crippen LogP contribution in [-0.2, 0) is 7.05 Å². The molecule has 2 aromatic carbocycles. The summed E-state index contributed by atoms with van der Waals surface area (Å²) in [5.41, 5.74) is 4.25. The van der Waals surface area contributed by atoms with Crippen LogP contribution in [0.15, 0.2) is 42.5 Å². The van der Waals surface area contributed by atoms with Crippen molar-refractivity contribution in [3.8, 4) is 0 Å². The van der Waals surface area contributed by atoms with E-state index in [4.69, 9.17) is 16.6 Å². The summed E-state index contributed by atoms with van der Waals surface area (Å²) in [5, 5.41) is 4.24. The van der Waals surface area contributed by atoms with Crippen LogP contribution >= 0.6 is 11.6 Å². The molecule has 1 aromatic heterocycles. The van der Waals surface area contributed by atoms with Gasteiger partial charge < -0.3 is 9.88 Å². The molecule has 3 rings (SSSR count). The average molecular weight is 300 g/mol. The highest BCUT2D eigenvalue weighted by molar-refractivity contribution is 6.31. The van der Waals surface area contributed by atoms with Gasteiger partial charge in [-0.25, -0.2) is 4.98 Å². The summed E-state index contributed by atoms with van der Waals surface area (Å²) in [4.78, 5) is 4.72. The Labute approximate surface area is 129 Å². The van der Waals surface area contributed by atoms with Gasteiger partial charge >= 0.3 is 0 Å². The van der Waals surface area contributed by atoms with Crippen LogP contribution in [0, 0.1) is 6.92 Å². The SMILES string of the molecule is Cc1ccc(NC(C)c2nc3ccccc3n2C)cc1Cl. The lowest BCUT2D eigenvalue weighted by molar-refractivity contribution is 0.734. The molecular weight excluding hydrogens is 282 g/mol. The summed E-state index contributed by atoms with van der Waals surface area (Å²) in [6.45, 7) is 4.11. The van der Waals surface area contributed by atoms with Gasteiger partial charge in [0.05, 0.1) is 17.1 Å². The average Bonchev–Trinajstić information content (AvgIpc) is 2.81. The van der Waals surface area contributed by atoms with Crippen molar-refractivity contribution in [2.75, 3.05) is 5.32 Å². The lowest BCUT2D eigenvalue weighted by Crippen LogP contribution is -2.12. The second-order valence-corrected chi connectivity index (χ2v) is 5.75. The number of rotatable bonds is 3. The van der Waals surface area contributed by atoms with Gasteiger partial charge in [0.15, 0.2) is 0 Å². The number of nitrogens with one attached hydrogen (secondary N) is 1. The van der Waals surface area contributed by atoms with Crippen molar-refractivity contribution in [1.82, 2.24) is 9.55 Å². The number of imidazole rings is 1. The molecule has 0 saturated heterocycles. The van der Waals surface area contributed by atoms with Gasteiger partial charge in [-0.15, -0.1) is 0 Å². The molecule has 1 unspecified atom stereocenters. The first-order valence-electron chi connectivity index (χ1n) is 7.00. The molecule has 0 spiro atoms. The van der Waals surface area contributed by atoms with Crippen LogP contribution in [0.5, 0.6) is 0 Å². The summed E-state index contributed by atoms with van der Waals surface area (Å²) in [5.74, 6) is 1.01. The largest absolute Gasteiger partial charge is 0.375 e. The van der Waals surface area contributed by atoms with E-state index in [1.807, 2.05) is 50.4 Å². The van der Waals surface area contributed by atoms with Crippen LogP contribution in [0.2, 0.25) is 5.02 Å². The van der Waals surface area contributed by atoms with Crippen molar-refractivity contribution in [2.45, 2.75) is 19.9 Å². The maximum Gasteiger partial charge on any atom is 0.131 e. The van der Waals surface area contributed by atoms with E-state index < -0.39 is 0 Å². The van der Waals surface area contributed by atoms with Crippen LogP contribution < -0.4 is 5.32 Å². The minimum atomic E-state index is 0.0983. The van der Waals surface area contributed by atoms with E-state index in [9.17, 15) is 0 Å². The number of aryl methyl sites for hydroxylation is 2. The highest BCUT2D eigenvalue weighted by Gasteiger charge is 2.14. The van der Waals surface area contributed by atoms with Crippen molar-refractivity contribution in [2.24, 2.45) is 7.05 Å². The van der Waals surface area contributed by atoms with Crippen LogP contribution in [0.3, 0.4) is 0 Å². The zero-order valence-corrected chi connectivity index (χ0v) is 13.1. The third-order valence-electron chi connectivity index (χ3n) is 3.76. The zero-order chi connectivity index (χ0) is 15.0. The van der Waals surface area contributed by atoms with E-state index in [-0.39, 0.29) is 6.04 Å². The molecular formula is C17H18ClN3. The molecule has 108 valence electrons. The molecule has 0 aliphatic carbocycles. The van der Waals surface area contributed by atoms with Crippen molar-refractivity contribution in [3.63, 3.8) is 0 Å². The van der Waals surface area contributed by atoms with Gasteiger partial charge in [0.1, 0.15) is 5.82 Å². The number of halogens is 1. The summed E-state index contributed by atoms with van der Waals surface area (Å²) in [7, 11) is 2.05. The van der Waals surface area contributed by atoms with Crippen molar-refractivity contribution < 1.29 is 0 Å². The number of anilines is 1. The van der Waals surface area contributed by atoms with Crippen molar-refractivity contribution >= 4 is 28.3 Å². The monoisotopic (exact) mass is 299 g/mol. The van der Waals surface area contributed by atoms with Gasteiger partial charge in [-0.3, -0.25) is 0 Å². The number of benzene rings is 2. The first-order chi connectivity index (χ1) is 10.1. The lowest BCUT2D eigenvalue weighted by Gasteiger charge is -2.16. The molecule has 1 heterocycles. The van der Waals surface area contributed by atoms with Gasteiger partial charge in [-0.05, 0) is 43.7 Å². The molecule has 0 aliphatic heterocycles. The number of aromatic nitrogens is 2. The van der Waals surface area contributed by atoms with Crippen LogP contribution in [-0.4, -0.2) is 9.55 Å². The molecule has 0 fully saturated rings. The Kier molecular flexibility index (Phi) is 3.60. The fourth-order valence-electron chi connectivity index (χ4n) is 2.55. The lowest BCUT2D eigenvalue weighted by atomic mass is 10.2. The Morgan fingerprint density at radius 2 is 1.95 bits per heavy atom. The van der Waals surface area contributed by atoms with Gasteiger partial charge in [-0.1, -0.05) is 29.8 Å². The minimum Gasteiger partial charge on any atom is -0.375 e. The Morgan fingerprint density at radius 1 is 1.19 bits per heavy atom. The summed E-state index contributed by atoms with van der Waals surface area (Å²) in [6, 6.07) is 14.3. The zero-order valence-electron chi connectivity index (χ0n) is 12.4. The minimum absolute atomic E-state index is 0.0983. The molecule has 0 saturated carbocycles. The van der Waals surface area contributed by atoms with Gasteiger partial charge in [-0.2, -0.15) is 0 Å². The summed E-state index contributed by atoms with van der Waals surface area (Å²) >= 11 is 6.18. The molecule has 0 radical (unpaired) electrons. The van der Waals surface area contributed by atoms with E-state index in [1.165, 1.54) is 0 Å². The molecule has 0 bridgehead atoms. The van der Waals surface area contributed by atoms with Crippen molar-refractivity contribution in [1.29, 1.82) is 0 Å². The quantitative estimate of drug-likeness (QED) is 0.759. The van der Waals surface area contributed by atoms with Crippen molar-refractivity contribution in [3.05, 3.63) is 58.9 Å². The maximum absolute atomic E-state index is 6.18. The molecule has 0 amide bonds. The number of hydrogen-bond acceptors (Lipinski definition) is 2. The van der Waals surface area contributed by atoms with Crippen LogP contribution in [0.1, 0.15) is 24.4 Å². The molecule has 3 aromatic rings. The van der Waals surface area contributed by atoms with E-state index in [0.29, 0.717) is 0 Å². The van der Waals surface area contributed by atoms with E-state index in [0.717, 1.165) is 33.1 Å². The topological polar surface area (TPSA) is 29.9 Å². The normalized spacial score (nSPS) is 12.6. The predicted octanol–water partition coefficient (Wildman–Crippen LogP) is 4.71. The highest BCUT2D eigenvalue weighted by atomic mass is 35.5. The van der Waals surface area contributed by atoms with Gasteiger partial charge in [0.25, 0.3) is 0 Å². The Bertz CT molecular complexity index is 792. The Morgan fingerprint density at radius 3 is 2.67 bits per heavy atom. The van der Waals surface area contributed by atoms with E-state index >= 15 is 0 Å². The molecule has 1 atom stereocenters. The molecule has 4 heteroatoms. The molecule has 3 nitrogen and oxygen atoms in total. The smallest absolute Gasteiger partial charge is 0.131 e. The molecule has 21 heavy (non-hydrogen) atoms. The third-order valence-corrected chi connectivity index (χ3v) is 4.17. The highest BCUT2D eigenvalue weighted by Crippen LogP contribution is 2.25. The van der Waals surface area contributed by atoms with Gasteiger partial charge in [0.2, 0.25) is 0 Å². The van der Waals surface area contributed by atoms with E-state index in [1.54, 1.807) is 0 Å². The molecule has 0 aliphatic rings. The Hall–Kier alpha value is -2.00. The first-order valence-corrected chi connectivity index (χ1v) is 7.38. The Balaban J connectivity index is 1.91. The third kappa shape index (κ3) is 2.61. The fraction of sp³-hybridized carbons (Fsp3) is 0.235. The summed E-state index contributed by atoms with van der Waals surface area (Å²) < 4.78 is 2.13. The molecule has 1 N–H and O–H groups in total. The second kappa shape index (κ2) is 5.41. The standard InChI is InChI=1S/C17H18ClN3/c1-11-8-9-13(10-14(11)18)19-12(2)17-20-15-6-4-5-7-16(15)21(17)3/h4-10,12,19H,1-3H3. The number of para-hydroxylation sites is 2. The fourth-order valence-corrected chi connectivity index (χ4v) is 2.73.